The molecule has 12 heavy (non-hydrogen) atoms. The third kappa shape index (κ3) is 2.70. The molecule has 2 nitrogen and oxygen atoms in total. The van der Waals surface area contributed by atoms with Crippen molar-refractivity contribution in [1.29, 1.82) is 0 Å². The fourth-order valence-corrected chi connectivity index (χ4v) is 0.975. The fourth-order valence-electron chi connectivity index (χ4n) is 0.720. The number of hydrogen-bond acceptors (Lipinski definition) is 2. The number of rotatable bonds is 0. The van der Waals surface area contributed by atoms with Crippen molar-refractivity contribution in [2.75, 3.05) is 5.73 Å². The van der Waals surface area contributed by atoms with Crippen LogP contribution in [0.5, 0.6) is 0 Å². The van der Waals surface area contributed by atoms with E-state index in [0.717, 1.165) is 11.3 Å². The topological polar surface area (TPSA) is 38.9 Å². The Hall–Kier alpha value is -0.760. The summed E-state index contributed by atoms with van der Waals surface area (Å²) in [5.41, 5.74) is 7.23. The first-order chi connectivity index (χ1) is 5.61. The van der Waals surface area contributed by atoms with Crippen LogP contribution in [-0.2, 0) is 0 Å². The third-order valence-corrected chi connectivity index (χ3v) is 1.77. The molecule has 0 aromatic carbocycles. The van der Waals surface area contributed by atoms with Crippen LogP contribution in [0.15, 0.2) is 6.07 Å². The highest BCUT2D eigenvalue weighted by Crippen LogP contribution is 2.19. The first-order valence-corrected chi connectivity index (χ1v) is 4.38. The standard InChI is InChI=1S/C7H9ClN2.C2H6/c1-4-3-6(8)5(2)7(9)10-4;1-2/h3H,1-2H3,(H2,9,10);1-2H3. The molecule has 0 fully saturated rings. The second kappa shape index (κ2) is 4.99. The van der Waals surface area contributed by atoms with Crippen molar-refractivity contribution in [3.8, 4) is 0 Å². The van der Waals surface area contributed by atoms with E-state index in [1.807, 2.05) is 27.7 Å². The molecule has 0 saturated heterocycles. The molecule has 3 heteroatoms. The quantitative estimate of drug-likeness (QED) is 0.677. The average Bonchev–Trinajstić information content (AvgIpc) is 2.04. The van der Waals surface area contributed by atoms with Gasteiger partial charge in [-0.25, -0.2) is 4.98 Å². The van der Waals surface area contributed by atoms with Crippen molar-refractivity contribution in [3.05, 3.63) is 22.3 Å². The molecule has 0 amide bonds. The number of anilines is 1. The molecule has 0 radical (unpaired) electrons. The number of aromatic nitrogens is 1. The number of halogens is 1. The number of nitrogens with zero attached hydrogens (tertiary/aromatic N) is 1. The van der Waals surface area contributed by atoms with Crippen LogP contribution in [0.2, 0.25) is 5.02 Å². The van der Waals surface area contributed by atoms with Crippen LogP contribution in [0, 0.1) is 13.8 Å². The Bertz CT molecular complexity index is 236. The largest absolute Gasteiger partial charge is 0.383 e. The van der Waals surface area contributed by atoms with Crippen LogP contribution in [-0.4, -0.2) is 4.98 Å². The molecule has 0 aliphatic rings. The molecule has 0 saturated carbocycles. The molecule has 1 rings (SSSR count). The van der Waals surface area contributed by atoms with E-state index in [2.05, 4.69) is 4.98 Å². The van der Waals surface area contributed by atoms with Gasteiger partial charge < -0.3 is 5.73 Å². The van der Waals surface area contributed by atoms with Gasteiger partial charge in [0.15, 0.2) is 0 Å². The maximum Gasteiger partial charge on any atom is 0.128 e. The molecule has 0 atom stereocenters. The second-order valence-corrected chi connectivity index (χ2v) is 2.66. The van der Waals surface area contributed by atoms with E-state index in [0.29, 0.717) is 10.8 Å². The molecular formula is C9H15ClN2. The summed E-state index contributed by atoms with van der Waals surface area (Å²) in [5.74, 6) is 0.519. The van der Waals surface area contributed by atoms with Crippen LogP contribution in [0.4, 0.5) is 5.82 Å². The summed E-state index contributed by atoms with van der Waals surface area (Å²) in [4.78, 5) is 4.03. The molecule has 0 aliphatic carbocycles. The van der Waals surface area contributed by atoms with E-state index >= 15 is 0 Å². The fraction of sp³-hybridized carbons (Fsp3) is 0.444. The minimum Gasteiger partial charge on any atom is -0.383 e. The van der Waals surface area contributed by atoms with Gasteiger partial charge in [-0.2, -0.15) is 0 Å². The van der Waals surface area contributed by atoms with Gasteiger partial charge in [-0.1, -0.05) is 25.4 Å². The molecule has 0 aliphatic heterocycles. The molecule has 0 bridgehead atoms. The van der Waals surface area contributed by atoms with Crippen molar-refractivity contribution in [3.63, 3.8) is 0 Å². The zero-order valence-corrected chi connectivity index (χ0v) is 8.74. The smallest absolute Gasteiger partial charge is 0.128 e. The zero-order valence-electron chi connectivity index (χ0n) is 7.98. The molecular weight excluding hydrogens is 172 g/mol. The molecule has 1 heterocycles. The van der Waals surface area contributed by atoms with Crippen molar-refractivity contribution < 1.29 is 0 Å². The van der Waals surface area contributed by atoms with Gasteiger partial charge in [-0.05, 0) is 19.9 Å². The predicted molar refractivity (Wildman–Crippen MR) is 54.5 cm³/mol. The summed E-state index contributed by atoms with van der Waals surface area (Å²) in [6, 6.07) is 1.80. The molecule has 2 N–H and O–H groups in total. The summed E-state index contributed by atoms with van der Waals surface area (Å²) >= 11 is 5.80. The van der Waals surface area contributed by atoms with Gasteiger partial charge in [0.05, 0.1) is 0 Å². The highest BCUT2D eigenvalue weighted by atomic mass is 35.5. The first-order valence-electron chi connectivity index (χ1n) is 4.00. The molecule has 68 valence electrons. The van der Waals surface area contributed by atoms with Gasteiger partial charge >= 0.3 is 0 Å². The minimum atomic E-state index is 0.519. The van der Waals surface area contributed by atoms with Gasteiger partial charge in [0.1, 0.15) is 5.82 Å². The van der Waals surface area contributed by atoms with Gasteiger partial charge in [0, 0.05) is 16.3 Å². The number of nitrogen functional groups attached to an aromatic ring is 1. The van der Waals surface area contributed by atoms with E-state index < -0.39 is 0 Å². The molecule has 0 unspecified atom stereocenters. The van der Waals surface area contributed by atoms with Crippen LogP contribution in [0.1, 0.15) is 25.1 Å². The van der Waals surface area contributed by atoms with E-state index in [4.69, 9.17) is 17.3 Å². The summed E-state index contributed by atoms with van der Waals surface area (Å²) in [6.45, 7) is 7.71. The van der Waals surface area contributed by atoms with Crippen molar-refractivity contribution >= 4 is 17.4 Å². The summed E-state index contributed by atoms with van der Waals surface area (Å²) < 4.78 is 0. The lowest BCUT2D eigenvalue weighted by Crippen LogP contribution is -1.95. The molecule has 0 spiro atoms. The Morgan fingerprint density at radius 3 is 2.25 bits per heavy atom. The van der Waals surface area contributed by atoms with Crippen molar-refractivity contribution in [2.45, 2.75) is 27.7 Å². The Balaban J connectivity index is 0.000000561. The lowest BCUT2D eigenvalue weighted by atomic mass is 10.2. The van der Waals surface area contributed by atoms with Gasteiger partial charge in [-0.3, -0.25) is 0 Å². The maximum absolute atomic E-state index is 5.80. The zero-order chi connectivity index (χ0) is 9.72. The predicted octanol–water partition coefficient (Wildman–Crippen LogP) is 2.96. The third-order valence-electron chi connectivity index (χ3n) is 1.37. The SMILES string of the molecule is CC.Cc1cc(Cl)c(C)c(N)n1. The lowest BCUT2D eigenvalue weighted by molar-refractivity contribution is 1.18. The van der Waals surface area contributed by atoms with E-state index in [1.54, 1.807) is 6.07 Å². The number of pyridine rings is 1. The van der Waals surface area contributed by atoms with Crippen LogP contribution < -0.4 is 5.73 Å². The highest BCUT2D eigenvalue weighted by molar-refractivity contribution is 6.31. The van der Waals surface area contributed by atoms with Crippen LogP contribution in [0.3, 0.4) is 0 Å². The van der Waals surface area contributed by atoms with E-state index in [9.17, 15) is 0 Å². The van der Waals surface area contributed by atoms with Gasteiger partial charge in [-0.15, -0.1) is 0 Å². The van der Waals surface area contributed by atoms with E-state index in [1.165, 1.54) is 0 Å². The number of nitrogens with two attached hydrogens (primary N) is 1. The Morgan fingerprint density at radius 2 is 1.83 bits per heavy atom. The van der Waals surface area contributed by atoms with E-state index in [-0.39, 0.29) is 0 Å². The minimum absolute atomic E-state index is 0.519. The van der Waals surface area contributed by atoms with Crippen molar-refractivity contribution in [1.82, 2.24) is 4.98 Å². The Kier molecular flexibility index (Phi) is 4.67. The highest BCUT2D eigenvalue weighted by Gasteiger charge is 2.00. The van der Waals surface area contributed by atoms with Crippen LogP contribution in [0.25, 0.3) is 0 Å². The number of aryl methyl sites for hydroxylation is 1. The van der Waals surface area contributed by atoms with Gasteiger partial charge in [0.25, 0.3) is 0 Å². The average molecular weight is 187 g/mol. The maximum atomic E-state index is 5.80. The number of hydrogen-bond donors (Lipinski definition) is 1. The first kappa shape index (κ1) is 11.2. The Morgan fingerprint density at radius 1 is 1.33 bits per heavy atom. The van der Waals surface area contributed by atoms with Crippen molar-refractivity contribution in [2.24, 2.45) is 0 Å². The monoisotopic (exact) mass is 186 g/mol. The Labute approximate surface area is 78.8 Å². The summed E-state index contributed by atoms with van der Waals surface area (Å²) in [6.07, 6.45) is 0. The summed E-state index contributed by atoms with van der Waals surface area (Å²) in [5, 5.41) is 0.685. The van der Waals surface area contributed by atoms with Crippen LogP contribution >= 0.6 is 11.6 Å². The second-order valence-electron chi connectivity index (χ2n) is 2.26. The lowest BCUT2D eigenvalue weighted by Gasteiger charge is -2.01. The normalized spacial score (nSPS) is 8.75. The molecule has 1 aromatic rings. The molecule has 1 aromatic heterocycles. The van der Waals surface area contributed by atoms with Gasteiger partial charge in [0.2, 0.25) is 0 Å². The summed E-state index contributed by atoms with van der Waals surface area (Å²) in [7, 11) is 0.